The minimum Gasteiger partial charge on any atom is -0.382 e. The molecular weight excluding hydrogens is 749 g/mol. The Balaban J connectivity index is 0.841. The van der Waals surface area contributed by atoms with Crippen molar-refractivity contribution in [1.29, 1.82) is 0 Å². The second-order valence-electron chi connectivity index (χ2n) is 17.0. The first-order chi connectivity index (χ1) is 28.9. The van der Waals surface area contributed by atoms with E-state index in [4.69, 9.17) is 9.97 Å². The van der Waals surface area contributed by atoms with Crippen molar-refractivity contribution in [3.63, 3.8) is 0 Å². The predicted octanol–water partition coefficient (Wildman–Crippen LogP) is 7.92. The molecule has 0 bridgehead atoms. The predicted molar refractivity (Wildman–Crippen MR) is 230 cm³/mol. The maximum atomic E-state index is 11.6. The molecule has 0 radical (unpaired) electrons. The molecule has 8 aromatic rings. The Morgan fingerprint density at radius 1 is 0.533 bits per heavy atom. The summed E-state index contributed by atoms with van der Waals surface area (Å²) in [6.45, 7) is 11.8. The molecule has 4 N–H and O–H groups in total. The van der Waals surface area contributed by atoms with Crippen molar-refractivity contribution >= 4 is 11.3 Å². The quantitative estimate of drug-likeness (QED) is 0.114. The van der Waals surface area contributed by atoms with E-state index in [-0.39, 0.29) is 48.7 Å². The Bertz CT molecular complexity index is 2720. The molecule has 12 heteroatoms. The van der Waals surface area contributed by atoms with Gasteiger partial charge < -0.3 is 19.0 Å². The molecule has 6 atom stereocenters. The van der Waals surface area contributed by atoms with Gasteiger partial charge in [-0.2, -0.15) is 0 Å². The molecule has 2 aromatic carbocycles. The number of aliphatic hydroxyl groups is 2. The second-order valence-corrected chi connectivity index (χ2v) is 17.0. The maximum absolute atomic E-state index is 11.6. The van der Waals surface area contributed by atoms with Crippen LogP contribution in [-0.2, 0) is 11.2 Å². The molecule has 0 amide bonds. The lowest BCUT2D eigenvalue weighted by Crippen LogP contribution is -2.31. The van der Waals surface area contributed by atoms with Crippen molar-refractivity contribution in [3.05, 3.63) is 167 Å². The lowest BCUT2D eigenvalue weighted by Gasteiger charge is -2.27. The summed E-state index contributed by atoms with van der Waals surface area (Å²) in [4.78, 5) is 28.2. The molecule has 60 heavy (non-hydrogen) atoms. The number of hydrogen-bond acceptors (Lipinski definition) is 10. The fourth-order valence-corrected chi connectivity index (χ4v) is 9.27. The minimum absolute atomic E-state index is 0.0225. The van der Waals surface area contributed by atoms with Crippen molar-refractivity contribution < 1.29 is 10.2 Å². The lowest BCUT2D eigenvalue weighted by atomic mass is 9.90. The molecule has 6 aromatic heterocycles. The fraction of sp³-hybridized carbons (Fsp3) is 0.292. The molecule has 2 aliphatic rings. The van der Waals surface area contributed by atoms with Crippen molar-refractivity contribution in [3.8, 4) is 22.3 Å². The summed E-state index contributed by atoms with van der Waals surface area (Å²) in [7, 11) is 0. The normalized spacial score (nSPS) is 20.6. The molecule has 0 fully saturated rings. The summed E-state index contributed by atoms with van der Waals surface area (Å²) in [5.74, 6) is 0.545. The van der Waals surface area contributed by atoms with Gasteiger partial charge in [-0.1, -0.05) is 48.5 Å². The highest BCUT2D eigenvalue weighted by atomic mass is 16.3. The highest BCUT2D eigenvalue weighted by Gasteiger charge is 2.35. The lowest BCUT2D eigenvalue weighted by molar-refractivity contribution is -0.0164. The number of nitrogens with one attached hydrogen (secondary N) is 2. The zero-order chi connectivity index (χ0) is 41.5. The Hall–Kier alpha value is -6.18. The number of pyridine rings is 2. The minimum atomic E-state index is -1.41. The molecule has 12 nitrogen and oxygen atoms in total. The van der Waals surface area contributed by atoms with Crippen LogP contribution in [0.4, 0.5) is 0 Å². The van der Waals surface area contributed by atoms with Gasteiger partial charge in [0.1, 0.15) is 22.5 Å². The van der Waals surface area contributed by atoms with Gasteiger partial charge in [-0.15, -0.1) is 0 Å². The van der Waals surface area contributed by atoms with Crippen molar-refractivity contribution in [1.82, 2.24) is 49.3 Å². The third kappa shape index (κ3) is 6.38. The topological polar surface area (TPSA) is 151 Å². The Labute approximate surface area is 348 Å². The fourth-order valence-electron chi connectivity index (χ4n) is 9.27. The van der Waals surface area contributed by atoms with E-state index in [1.54, 1.807) is 38.6 Å². The van der Waals surface area contributed by atoms with Gasteiger partial charge in [0.25, 0.3) is 0 Å². The van der Waals surface area contributed by atoms with E-state index in [1.165, 1.54) is 22.3 Å². The van der Waals surface area contributed by atoms with E-state index in [9.17, 15) is 10.2 Å². The number of aryl methyl sites for hydroxylation is 2. The largest absolute Gasteiger partial charge is 0.382 e. The van der Waals surface area contributed by atoms with Crippen LogP contribution in [-0.4, -0.2) is 48.9 Å². The van der Waals surface area contributed by atoms with Crippen molar-refractivity contribution in [2.45, 2.75) is 89.8 Å². The Morgan fingerprint density at radius 2 is 0.900 bits per heavy atom. The summed E-state index contributed by atoms with van der Waals surface area (Å²) in [6, 6.07) is 25.7. The molecule has 0 aliphatic carbocycles. The van der Waals surface area contributed by atoms with Gasteiger partial charge in [-0.25, -0.2) is 29.9 Å². The molecule has 0 saturated heterocycles. The molecule has 0 spiro atoms. The molecule has 2 aliphatic heterocycles. The zero-order valence-electron chi connectivity index (χ0n) is 34.6. The third-order valence-corrected chi connectivity index (χ3v) is 12.6. The van der Waals surface area contributed by atoms with Crippen LogP contribution in [0.5, 0.6) is 0 Å². The number of nitrogens with zero attached hydrogens (tertiary/aromatic N) is 8. The van der Waals surface area contributed by atoms with Crippen molar-refractivity contribution in [2.75, 3.05) is 0 Å². The van der Waals surface area contributed by atoms with Crippen LogP contribution in [0.15, 0.2) is 110 Å². The molecular formula is C48H48N10O2. The summed E-state index contributed by atoms with van der Waals surface area (Å²) in [6.07, 6.45) is 11.5. The van der Waals surface area contributed by atoms with E-state index in [0.717, 1.165) is 56.3 Å². The van der Waals surface area contributed by atoms with Gasteiger partial charge in [0, 0.05) is 71.5 Å². The summed E-state index contributed by atoms with van der Waals surface area (Å²) < 4.78 is 4.31. The third-order valence-electron chi connectivity index (χ3n) is 12.6. The van der Waals surface area contributed by atoms with Crippen LogP contribution < -0.4 is 10.6 Å². The van der Waals surface area contributed by atoms with Gasteiger partial charge in [0.15, 0.2) is 11.6 Å². The molecule has 0 saturated carbocycles. The molecule has 2 unspecified atom stereocenters. The molecule has 302 valence electrons. The first-order valence-electron chi connectivity index (χ1n) is 20.6. The molecule has 10 rings (SSSR count). The van der Waals surface area contributed by atoms with Crippen LogP contribution in [0.25, 0.3) is 33.5 Å². The van der Waals surface area contributed by atoms with Gasteiger partial charge in [0.2, 0.25) is 0 Å². The Kier molecular flexibility index (Phi) is 9.03. The van der Waals surface area contributed by atoms with E-state index < -0.39 is 11.2 Å². The number of aromatic nitrogens is 8. The summed E-state index contributed by atoms with van der Waals surface area (Å²) in [5, 5.41) is 30.7. The summed E-state index contributed by atoms with van der Waals surface area (Å²) in [5.41, 5.74) is 11.7. The first-order valence-corrected chi connectivity index (χ1v) is 20.6. The van der Waals surface area contributed by atoms with E-state index in [2.05, 4.69) is 128 Å². The van der Waals surface area contributed by atoms with Crippen LogP contribution >= 0.6 is 0 Å². The number of benzene rings is 2. The highest BCUT2D eigenvalue weighted by molar-refractivity contribution is 5.65. The van der Waals surface area contributed by atoms with Crippen LogP contribution in [0.2, 0.25) is 0 Å². The zero-order valence-corrected chi connectivity index (χ0v) is 34.6. The molecule has 8 heterocycles. The number of rotatable bonds is 9. The first kappa shape index (κ1) is 38.0. The van der Waals surface area contributed by atoms with E-state index in [1.807, 2.05) is 24.3 Å². The van der Waals surface area contributed by atoms with E-state index in [0.29, 0.717) is 0 Å². The van der Waals surface area contributed by atoms with Crippen LogP contribution in [0.1, 0.15) is 121 Å². The number of imidazole rings is 2. The van der Waals surface area contributed by atoms with Gasteiger partial charge >= 0.3 is 0 Å². The van der Waals surface area contributed by atoms with Crippen LogP contribution in [0.3, 0.4) is 0 Å². The average Bonchev–Trinajstić information content (AvgIpc) is 3.98. The maximum Gasteiger partial charge on any atom is 0.159 e. The Morgan fingerprint density at radius 3 is 1.28 bits per heavy atom. The smallest absolute Gasteiger partial charge is 0.159 e. The van der Waals surface area contributed by atoms with Gasteiger partial charge in [-0.3, -0.25) is 10.6 Å². The summed E-state index contributed by atoms with van der Waals surface area (Å²) >= 11 is 0. The van der Waals surface area contributed by atoms with Gasteiger partial charge in [0.05, 0.1) is 34.9 Å². The van der Waals surface area contributed by atoms with Crippen LogP contribution in [0, 0.1) is 13.8 Å². The number of fused-ring (bicyclic) bond motifs is 4. The average molecular weight is 797 g/mol. The monoisotopic (exact) mass is 796 g/mol. The SMILES string of the molecule is Cc1nc2ccc(-c3cnc(C(C)(O)CCC(C)(O)c4ncc(-c5ccc6nc(C)c([C@H]7N[C@H](C)c8ccccc87)n6c5)cn4)nc3)cn2c1[C@@H]1N[C@@H](C)c2ccccc21. The van der Waals surface area contributed by atoms with Crippen molar-refractivity contribution in [2.24, 2.45) is 0 Å². The second kappa shape index (κ2) is 14.2. The highest BCUT2D eigenvalue weighted by Crippen LogP contribution is 2.40. The standard InChI is InChI=1S/C48H48N10O2/c1-27-35-11-7-9-13-37(35)41(55-27)43-29(3)53-39-17-15-31(25-57(39)43)33-21-49-45(50-22-33)47(5,59)19-20-48(6,60)46-51-23-34(24-52-46)32-16-18-40-54-30(4)44(58(40)26-32)42-38-14-10-8-12-36(38)28(2)56-42/h7-18,21-28,41-42,55-56,59-60H,19-20H2,1-6H3/t27-,28+,41+,42-,47?,48?. The van der Waals surface area contributed by atoms with E-state index >= 15 is 0 Å². The number of hydrogen-bond donors (Lipinski definition) is 4. The van der Waals surface area contributed by atoms with Gasteiger partial charge in [-0.05, 0) is 101 Å².